The Bertz CT molecular complexity index is 1730. The van der Waals surface area contributed by atoms with Crippen LogP contribution in [0.3, 0.4) is 0 Å². The Labute approximate surface area is 308 Å². The summed E-state index contributed by atoms with van der Waals surface area (Å²) in [4.78, 5) is 39.2. The van der Waals surface area contributed by atoms with Crippen molar-refractivity contribution in [3.05, 3.63) is 81.6 Å². The van der Waals surface area contributed by atoms with Crippen LogP contribution >= 0.6 is 23.2 Å². The van der Waals surface area contributed by atoms with Gasteiger partial charge in [0, 0.05) is 40.4 Å². The minimum Gasteiger partial charge on any atom is -0.495 e. The van der Waals surface area contributed by atoms with Gasteiger partial charge in [0.25, 0.3) is 0 Å². The fraction of sp³-hybridized carbons (Fsp3) is 0.474. The summed E-state index contributed by atoms with van der Waals surface area (Å²) in [5.41, 5.74) is -1.47. The lowest BCUT2D eigenvalue weighted by molar-refractivity contribution is -0.119. The van der Waals surface area contributed by atoms with Crippen LogP contribution in [0, 0.1) is 40.3 Å². The summed E-state index contributed by atoms with van der Waals surface area (Å²) >= 11 is 12.8. The maximum Gasteiger partial charge on any atom is 0.511 e. The zero-order valence-corrected chi connectivity index (χ0v) is 31.2. The fourth-order valence-corrected chi connectivity index (χ4v) is 7.04. The Kier molecular flexibility index (Phi) is 12.8. The SMILES string of the molecule is COc1cc(C(=O)OC(C)OC(=O)OCCC(C)C)ccc1NC(=O)[C@@H]1N[C@@H](CC(C)(C)C)[C@](C#N)(c2ccc(Cl)cc2F)C1C1C=CC=C1Cl. The van der Waals surface area contributed by atoms with E-state index in [0.29, 0.717) is 23.8 Å². The summed E-state index contributed by atoms with van der Waals surface area (Å²) in [6, 6.07) is 9.20. The Morgan fingerprint density at radius 3 is 2.41 bits per heavy atom. The normalized spacial score (nSPS) is 23.3. The predicted molar refractivity (Wildman–Crippen MR) is 192 cm³/mol. The van der Waals surface area contributed by atoms with E-state index in [9.17, 15) is 19.6 Å². The van der Waals surface area contributed by atoms with Crippen molar-refractivity contribution in [1.29, 1.82) is 5.26 Å². The molecule has 1 saturated heterocycles. The average molecular weight is 745 g/mol. The number of amides is 1. The molecular formula is C38H44Cl2FN3O7. The summed E-state index contributed by atoms with van der Waals surface area (Å²) in [6.07, 6.45) is 4.13. The maximum absolute atomic E-state index is 15.9. The molecule has 1 aliphatic heterocycles. The molecule has 1 aliphatic carbocycles. The molecule has 6 atom stereocenters. The van der Waals surface area contributed by atoms with E-state index >= 15 is 4.39 Å². The molecule has 4 rings (SSSR count). The number of ether oxygens (including phenoxy) is 4. The van der Waals surface area contributed by atoms with Crippen molar-refractivity contribution in [2.45, 2.75) is 78.2 Å². The molecule has 13 heteroatoms. The van der Waals surface area contributed by atoms with Crippen molar-refractivity contribution in [2.24, 2.45) is 23.2 Å². The Morgan fingerprint density at radius 2 is 1.82 bits per heavy atom. The molecule has 10 nitrogen and oxygen atoms in total. The van der Waals surface area contributed by atoms with Gasteiger partial charge in [-0.3, -0.25) is 4.79 Å². The Hall–Kier alpha value is -4.11. The van der Waals surface area contributed by atoms with Crippen LogP contribution in [-0.4, -0.2) is 50.1 Å². The standard InChI is InChI=1S/C38H44Cl2FN3O7/c1-21(2)15-16-49-36(47)51-22(3)50-35(46)23-11-14-29(30(17-23)48-7)43-34(45)33-32(25-9-8-10-27(25)40)38(20-42,31(44-33)19-37(4,5)6)26-13-12-24(39)18-28(26)41/h8-14,17-18,21-22,25,31-33,44H,15-16,19H2,1-7H3,(H,43,45)/t22?,25?,31-,32?,33+,38-/m0/s1. The summed E-state index contributed by atoms with van der Waals surface area (Å²) in [7, 11) is 1.37. The van der Waals surface area contributed by atoms with Gasteiger partial charge < -0.3 is 29.6 Å². The number of carbonyl (C=O) groups excluding carboxylic acids is 3. The summed E-state index contributed by atoms with van der Waals surface area (Å²) in [6.45, 7) is 11.5. The number of carbonyl (C=O) groups is 3. The van der Waals surface area contributed by atoms with E-state index in [2.05, 4.69) is 16.7 Å². The van der Waals surface area contributed by atoms with Crippen LogP contribution in [0.1, 0.15) is 70.3 Å². The number of hydrogen-bond acceptors (Lipinski definition) is 9. The van der Waals surface area contributed by atoms with Crippen LogP contribution in [0.5, 0.6) is 5.75 Å². The lowest BCUT2D eigenvalue weighted by atomic mass is 9.61. The van der Waals surface area contributed by atoms with Gasteiger partial charge in [-0.1, -0.05) is 76.0 Å². The smallest absolute Gasteiger partial charge is 0.495 e. The molecule has 274 valence electrons. The topological polar surface area (TPSA) is 136 Å². The second-order valence-electron chi connectivity index (χ2n) is 14.3. The highest BCUT2D eigenvalue weighted by Crippen LogP contribution is 2.53. The van der Waals surface area contributed by atoms with Crippen molar-refractivity contribution >= 4 is 46.9 Å². The number of allylic oxidation sites excluding steroid dienone is 4. The van der Waals surface area contributed by atoms with Gasteiger partial charge in [0.1, 0.15) is 17.0 Å². The van der Waals surface area contributed by atoms with Crippen LogP contribution in [0.4, 0.5) is 14.9 Å². The van der Waals surface area contributed by atoms with Crippen LogP contribution < -0.4 is 15.4 Å². The zero-order chi connectivity index (χ0) is 37.7. The lowest BCUT2D eigenvalue weighted by Gasteiger charge is -2.39. The van der Waals surface area contributed by atoms with Gasteiger partial charge in [-0.2, -0.15) is 5.26 Å². The second-order valence-corrected chi connectivity index (χ2v) is 15.2. The van der Waals surface area contributed by atoms with E-state index in [1.54, 1.807) is 12.2 Å². The highest BCUT2D eigenvalue weighted by atomic mass is 35.5. The van der Waals surface area contributed by atoms with Crippen LogP contribution in [-0.2, 0) is 24.4 Å². The third-order valence-electron chi connectivity index (χ3n) is 8.90. The summed E-state index contributed by atoms with van der Waals surface area (Å²) in [5.74, 6) is -2.98. The average Bonchev–Trinajstić information content (AvgIpc) is 3.60. The molecule has 0 bridgehead atoms. The third-order valence-corrected chi connectivity index (χ3v) is 9.51. The molecule has 1 fully saturated rings. The number of nitrogens with one attached hydrogen (secondary N) is 2. The van der Waals surface area contributed by atoms with E-state index in [4.69, 9.17) is 42.1 Å². The van der Waals surface area contributed by atoms with Crippen molar-refractivity contribution in [2.75, 3.05) is 19.0 Å². The number of methoxy groups -OCH3 is 1. The molecule has 2 aliphatic rings. The molecule has 1 amide bonds. The lowest BCUT2D eigenvalue weighted by Crippen LogP contribution is -2.47. The highest BCUT2D eigenvalue weighted by Gasteiger charge is 2.62. The van der Waals surface area contributed by atoms with Crippen LogP contribution in [0.15, 0.2) is 59.7 Å². The minimum atomic E-state index is -1.55. The Balaban J connectivity index is 1.63. The quantitative estimate of drug-likeness (QED) is 0.163. The molecule has 0 spiro atoms. The molecule has 2 aromatic carbocycles. The highest BCUT2D eigenvalue weighted by molar-refractivity contribution is 6.30. The van der Waals surface area contributed by atoms with Crippen molar-refractivity contribution in [1.82, 2.24) is 5.32 Å². The molecule has 0 radical (unpaired) electrons. The van der Waals surface area contributed by atoms with Crippen molar-refractivity contribution in [3.8, 4) is 11.8 Å². The number of anilines is 1. The van der Waals surface area contributed by atoms with Gasteiger partial charge in [0.15, 0.2) is 0 Å². The Morgan fingerprint density at radius 1 is 1.10 bits per heavy atom. The first-order valence-electron chi connectivity index (χ1n) is 16.7. The number of hydrogen-bond donors (Lipinski definition) is 2. The van der Waals surface area contributed by atoms with Gasteiger partial charge in [0.05, 0.1) is 37.1 Å². The molecule has 2 aromatic rings. The first-order valence-corrected chi connectivity index (χ1v) is 17.5. The number of nitriles is 1. The third kappa shape index (κ3) is 9.23. The van der Waals surface area contributed by atoms with E-state index in [1.807, 2.05) is 40.7 Å². The van der Waals surface area contributed by atoms with E-state index in [-0.39, 0.29) is 39.6 Å². The molecule has 0 aromatic heterocycles. The van der Waals surface area contributed by atoms with E-state index in [0.717, 1.165) is 0 Å². The summed E-state index contributed by atoms with van der Waals surface area (Å²) in [5, 5.41) is 17.9. The molecule has 1 heterocycles. The first-order chi connectivity index (χ1) is 24.0. The fourth-order valence-electron chi connectivity index (χ4n) is 6.60. The second kappa shape index (κ2) is 16.5. The van der Waals surface area contributed by atoms with E-state index < -0.39 is 59.5 Å². The maximum atomic E-state index is 15.9. The number of halogens is 3. The van der Waals surface area contributed by atoms with Gasteiger partial charge in [0.2, 0.25) is 12.2 Å². The molecular weight excluding hydrogens is 700 g/mol. The van der Waals surface area contributed by atoms with Crippen LogP contribution in [0.2, 0.25) is 5.02 Å². The number of benzene rings is 2. The van der Waals surface area contributed by atoms with Crippen molar-refractivity contribution < 1.29 is 37.7 Å². The molecule has 3 unspecified atom stereocenters. The zero-order valence-electron chi connectivity index (χ0n) is 29.7. The van der Waals surface area contributed by atoms with E-state index in [1.165, 1.54) is 50.4 Å². The first kappa shape index (κ1) is 39.7. The monoisotopic (exact) mass is 743 g/mol. The molecule has 0 saturated carbocycles. The number of esters is 1. The van der Waals surface area contributed by atoms with Gasteiger partial charge >= 0.3 is 12.1 Å². The number of rotatable bonds is 12. The van der Waals surface area contributed by atoms with Gasteiger partial charge in [-0.25, -0.2) is 14.0 Å². The van der Waals surface area contributed by atoms with Gasteiger partial charge in [-0.15, -0.1) is 0 Å². The van der Waals surface area contributed by atoms with Crippen LogP contribution in [0.25, 0.3) is 0 Å². The molecule has 51 heavy (non-hydrogen) atoms. The summed E-state index contributed by atoms with van der Waals surface area (Å²) < 4.78 is 36.7. The van der Waals surface area contributed by atoms with Crippen molar-refractivity contribution in [3.63, 3.8) is 0 Å². The minimum absolute atomic E-state index is 0.0605. The van der Waals surface area contributed by atoms with Gasteiger partial charge in [-0.05, 0) is 60.6 Å². The number of nitrogens with zero attached hydrogens (tertiary/aromatic N) is 1. The molecule has 2 N–H and O–H groups in total. The predicted octanol–water partition coefficient (Wildman–Crippen LogP) is 8.29. The largest absolute Gasteiger partial charge is 0.511 e.